The Morgan fingerprint density at radius 3 is 1.86 bits per heavy atom. The van der Waals surface area contributed by atoms with Gasteiger partial charge >= 0.3 is 0 Å². The van der Waals surface area contributed by atoms with Gasteiger partial charge in [-0.25, -0.2) is 0 Å². The van der Waals surface area contributed by atoms with Gasteiger partial charge in [0.05, 0.1) is 22.0 Å². The first-order valence-electron chi connectivity index (χ1n) is 23.1. The summed E-state index contributed by atoms with van der Waals surface area (Å²) in [5, 5.41) is 0.593. The quantitative estimate of drug-likeness (QED) is 0.169. The van der Waals surface area contributed by atoms with Crippen LogP contribution >= 0.6 is 0 Å². The van der Waals surface area contributed by atoms with E-state index in [0.29, 0.717) is 22.5 Å². The third-order valence-electron chi connectivity index (χ3n) is 11.4. The summed E-state index contributed by atoms with van der Waals surface area (Å²) in [4.78, 5) is 1.85. The minimum Gasteiger partial charge on any atom is -0.455 e. The molecule has 57 heavy (non-hydrogen) atoms. The number of rotatable bonds is 6. The van der Waals surface area contributed by atoms with Crippen molar-refractivity contribution in [1.29, 1.82) is 0 Å². The fourth-order valence-electron chi connectivity index (χ4n) is 8.89. The first-order chi connectivity index (χ1) is 31.4. The summed E-state index contributed by atoms with van der Waals surface area (Å²) in [5.41, 5.74) is 9.89. The molecule has 11 rings (SSSR count). The van der Waals surface area contributed by atoms with E-state index in [1.54, 1.807) is 0 Å². The normalized spacial score (nSPS) is 14.8. The minimum atomic E-state index is -0.618. The second kappa shape index (κ2) is 13.0. The zero-order chi connectivity index (χ0) is 45.1. The van der Waals surface area contributed by atoms with E-state index in [4.69, 9.17) is 7.16 Å². The first kappa shape index (κ1) is 25.8. The van der Waals surface area contributed by atoms with Gasteiger partial charge in [0, 0.05) is 27.6 Å². The molecule has 0 aliphatic heterocycles. The van der Waals surface area contributed by atoms with Gasteiger partial charge in [-0.15, -0.1) is 0 Å². The Labute approximate surface area is 344 Å². The van der Waals surface area contributed by atoms with E-state index in [2.05, 4.69) is 50.2 Å². The lowest BCUT2D eigenvalue weighted by Gasteiger charge is -2.26. The van der Waals surface area contributed by atoms with Crippen molar-refractivity contribution in [2.75, 3.05) is 4.90 Å². The van der Waals surface area contributed by atoms with Crippen LogP contribution in [0.2, 0.25) is 0 Å². The topological polar surface area (TPSA) is 16.4 Å². The smallest absolute Gasteiger partial charge is 0.143 e. The lowest BCUT2D eigenvalue weighted by molar-refractivity contribution is 0.662. The zero-order valence-corrected chi connectivity index (χ0v) is 31.3. The van der Waals surface area contributed by atoms with Crippen LogP contribution in [0.15, 0.2) is 204 Å². The molecule has 0 unspecified atom stereocenters. The van der Waals surface area contributed by atoms with Crippen LogP contribution in [0.3, 0.4) is 0 Å². The molecule has 0 bridgehead atoms. The maximum absolute atomic E-state index is 10.4. The number of anilines is 3. The molecule has 0 spiro atoms. The largest absolute Gasteiger partial charge is 0.455 e. The van der Waals surface area contributed by atoms with Crippen molar-refractivity contribution in [3.63, 3.8) is 0 Å². The monoisotopic (exact) mass is 737 g/mol. The Balaban J connectivity index is 1.28. The highest BCUT2D eigenvalue weighted by Crippen LogP contribution is 2.56. The second-order valence-corrected chi connectivity index (χ2v) is 15.0. The minimum absolute atomic E-state index is 0.00979. The number of hydrogen-bond acceptors (Lipinski definition) is 2. The molecule has 2 heteroatoms. The Bertz CT molecular complexity index is 3590. The Hall–Kier alpha value is -7.16. The van der Waals surface area contributed by atoms with Gasteiger partial charge in [-0.3, -0.25) is 0 Å². The van der Waals surface area contributed by atoms with Gasteiger partial charge in [0.25, 0.3) is 0 Å². The first-order valence-corrected chi connectivity index (χ1v) is 19.1. The fourth-order valence-corrected chi connectivity index (χ4v) is 8.89. The van der Waals surface area contributed by atoms with Crippen molar-refractivity contribution in [2.45, 2.75) is 19.3 Å². The summed E-state index contributed by atoms with van der Waals surface area (Å²) < 4.78 is 82.0. The summed E-state index contributed by atoms with van der Waals surface area (Å²) >= 11 is 0. The predicted molar refractivity (Wildman–Crippen MR) is 240 cm³/mol. The van der Waals surface area contributed by atoms with E-state index >= 15 is 0 Å². The standard InChI is InChI=1S/C55H39NO/c1-55(2)48-28-15-25-41(38-19-8-4-9-20-38)51(48)45-27-14-26-43(53(45)55)46-35-47-52-49(29-16-30-50(52)57-54(47)44-24-13-12-23-42(44)46)56(39-21-10-5-11-22-39)40-33-31-37(32-34-40)36-17-6-3-7-18-36/h3-35H,1-2H3/i12D,13D,16D,23D,24D,29D,30D,35D. The molecule has 0 atom stereocenters. The van der Waals surface area contributed by atoms with Gasteiger partial charge in [0.2, 0.25) is 0 Å². The molecular formula is C55H39NO. The molecule has 10 aromatic rings. The molecule has 1 aliphatic rings. The Kier molecular flexibility index (Phi) is 5.88. The Morgan fingerprint density at radius 1 is 0.491 bits per heavy atom. The van der Waals surface area contributed by atoms with E-state index in [0.717, 1.165) is 44.5 Å². The lowest BCUT2D eigenvalue weighted by Crippen LogP contribution is -2.16. The van der Waals surface area contributed by atoms with E-state index in [9.17, 15) is 8.22 Å². The number of benzene rings is 9. The van der Waals surface area contributed by atoms with Gasteiger partial charge in [0.1, 0.15) is 11.2 Å². The highest BCUT2D eigenvalue weighted by atomic mass is 16.3. The third-order valence-corrected chi connectivity index (χ3v) is 11.4. The van der Waals surface area contributed by atoms with Crippen LogP contribution in [0.5, 0.6) is 0 Å². The number of hydrogen-bond donors (Lipinski definition) is 0. The number of fused-ring (bicyclic) bond motifs is 8. The molecule has 2 nitrogen and oxygen atoms in total. The molecule has 0 fully saturated rings. The SMILES string of the molecule is [2H]c1c([2H])c(N(c2ccccc2)c2ccc(-c3ccccc3)cc2)c2c(oc3c4c([2H])c([2H])c([2H])c([2H])c4c(-c4cccc5c4C(C)(C)c4cccc(-c6ccccc6)c4-5)c([2H])c32)c1[2H]. The molecule has 1 aromatic heterocycles. The van der Waals surface area contributed by atoms with Crippen LogP contribution in [0.1, 0.15) is 35.9 Å². The van der Waals surface area contributed by atoms with Gasteiger partial charge in [0.15, 0.2) is 0 Å². The van der Waals surface area contributed by atoms with Crippen LogP contribution in [0.4, 0.5) is 17.1 Å². The van der Waals surface area contributed by atoms with Crippen molar-refractivity contribution < 1.29 is 15.4 Å². The van der Waals surface area contributed by atoms with Crippen molar-refractivity contribution in [2.24, 2.45) is 0 Å². The summed E-state index contributed by atoms with van der Waals surface area (Å²) in [6, 6.07) is 47.1. The van der Waals surface area contributed by atoms with Gasteiger partial charge < -0.3 is 9.32 Å². The highest BCUT2D eigenvalue weighted by molar-refractivity contribution is 6.23. The number of nitrogens with zero attached hydrogens (tertiary/aromatic N) is 1. The zero-order valence-electron chi connectivity index (χ0n) is 39.3. The van der Waals surface area contributed by atoms with Crippen molar-refractivity contribution in [3.8, 4) is 44.5 Å². The third kappa shape index (κ3) is 5.18. The van der Waals surface area contributed by atoms with Crippen molar-refractivity contribution in [3.05, 3.63) is 211 Å². The van der Waals surface area contributed by atoms with E-state index in [-0.39, 0.29) is 74.7 Å². The lowest BCUT2D eigenvalue weighted by atomic mass is 9.78. The maximum Gasteiger partial charge on any atom is 0.143 e. The summed E-state index contributed by atoms with van der Waals surface area (Å²) in [7, 11) is 0. The van der Waals surface area contributed by atoms with Crippen molar-refractivity contribution >= 4 is 49.8 Å². The highest BCUT2D eigenvalue weighted by Gasteiger charge is 2.39. The van der Waals surface area contributed by atoms with Crippen molar-refractivity contribution in [1.82, 2.24) is 0 Å². The molecule has 0 N–H and O–H groups in total. The van der Waals surface area contributed by atoms with E-state index < -0.39 is 17.5 Å². The maximum atomic E-state index is 10.4. The van der Waals surface area contributed by atoms with Crippen LogP contribution in [0.25, 0.3) is 77.2 Å². The molecule has 0 radical (unpaired) electrons. The Morgan fingerprint density at radius 2 is 1.11 bits per heavy atom. The molecular weight excluding hydrogens is 691 g/mol. The molecule has 0 amide bonds. The molecule has 1 heterocycles. The van der Waals surface area contributed by atoms with Crippen LogP contribution in [-0.2, 0) is 5.41 Å². The summed E-state index contributed by atoms with van der Waals surface area (Å²) in [6.07, 6.45) is 0. The molecule has 270 valence electrons. The van der Waals surface area contributed by atoms with E-state index in [1.807, 2.05) is 120 Å². The summed E-state index contributed by atoms with van der Waals surface area (Å²) in [6.45, 7) is 4.30. The molecule has 1 aliphatic carbocycles. The molecule has 0 saturated carbocycles. The molecule has 0 saturated heterocycles. The van der Waals surface area contributed by atoms with Crippen LogP contribution in [-0.4, -0.2) is 0 Å². The average molecular weight is 738 g/mol. The molecule has 9 aromatic carbocycles. The van der Waals surface area contributed by atoms with Gasteiger partial charge in [-0.05, 0) is 103 Å². The van der Waals surface area contributed by atoms with E-state index in [1.165, 1.54) is 0 Å². The van der Waals surface area contributed by atoms with Crippen LogP contribution in [0, 0.1) is 0 Å². The fraction of sp³-hybridized carbons (Fsp3) is 0.0545. The average Bonchev–Trinajstić information content (AvgIpc) is 3.85. The second-order valence-electron chi connectivity index (χ2n) is 15.0. The number of furan rings is 1. The number of para-hydroxylation sites is 1. The van der Waals surface area contributed by atoms with Crippen LogP contribution < -0.4 is 4.90 Å². The summed E-state index contributed by atoms with van der Waals surface area (Å²) in [5.74, 6) is 0. The van der Waals surface area contributed by atoms with Gasteiger partial charge in [-0.2, -0.15) is 0 Å². The van der Waals surface area contributed by atoms with Gasteiger partial charge in [-0.1, -0.05) is 171 Å². The predicted octanol–water partition coefficient (Wildman–Crippen LogP) is 15.5.